The van der Waals surface area contributed by atoms with Crippen LogP contribution in [0.1, 0.15) is 18.4 Å². The van der Waals surface area contributed by atoms with Gasteiger partial charge in [-0.1, -0.05) is 54.6 Å². The molecule has 0 saturated carbocycles. The number of nitrogens with one attached hydrogen (secondary N) is 1. The van der Waals surface area contributed by atoms with Crippen molar-refractivity contribution >= 4 is 12.4 Å². The average molecular weight is 381 g/mol. The summed E-state index contributed by atoms with van der Waals surface area (Å²) in [5, 5.41) is 12.7. The summed E-state index contributed by atoms with van der Waals surface area (Å²) in [6, 6.07) is 18.7. The molecule has 0 aromatic heterocycles. The van der Waals surface area contributed by atoms with Gasteiger partial charge in [0.1, 0.15) is 6.29 Å². The molecule has 148 valence electrons. The molecule has 0 spiro atoms. The summed E-state index contributed by atoms with van der Waals surface area (Å²) in [7, 11) is 1.89. The van der Waals surface area contributed by atoms with E-state index < -0.39 is 6.09 Å². The molecule has 2 unspecified atom stereocenters. The molecule has 3 rings (SSSR count). The number of likely N-dealkylation sites (tertiary alicyclic amines) is 1. The first-order valence-corrected chi connectivity index (χ1v) is 9.61. The Hall–Kier alpha value is -2.70. The highest BCUT2D eigenvalue weighted by Crippen LogP contribution is 2.24. The minimum atomic E-state index is -1.03. The van der Waals surface area contributed by atoms with Crippen LogP contribution in [-0.2, 0) is 11.3 Å². The maximum Gasteiger partial charge on any atom is 0.407 e. The van der Waals surface area contributed by atoms with Crippen molar-refractivity contribution in [2.75, 3.05) is 20.1 Å². The lowest BCUT2D eigenvalue weighted by Crippen LogP contribution is -2.55. The number of carboxylic acid groups (broad SMARTS) is 1. The van der Waals surface area contributed by atoms with Crippen LogP contribution in [0.4, 0.5) is 4.79 Å². The van der Waals surface area contributed by atoms with E-state index in [-0.39, 0.29) is 18.8 Å². The second-order valence-corrected chi connectivity index (χ2v) is 7.12. The first-order valence-electron chi connectivity index (χ1n) is 9.61. The fourth-order valence-corrected chi connectivity index (χ4v) is 3.90. The summed E-state index contributed by atoms with van der Waals surface area (Å²) in [5.74, 6) is 0. The van der Waals surface area contributed by atoms with Gasteiger partial charge in [-0.15, -0.1) is 0 Å². The highest BCUT2D eigenvalue weighted by molar-refractivity contribution is 5.69. The molecule has 2 N–H and O–H groups in total. The van der Waals surface area contributed by atoms with Crippen molar-refractivity contribution < 1.29 is 14.7 Å². The van der Waals surface area contributed by atoms with Gasteiger partial charge >= 0.3 is 6.09 Å². The highest BCUT2D eigenvalue weighted by Gasteiger charge is 2.32. The molecular weight excluding hydrogens is 354 g/mol. The summed E-state index contributed by atoms with van der Waals surface area (Å²) in [4.78, 5) is 25.8. The molecule has 2 aromatic rings. The topological polar surface area (TPSA) is 72.9 Å². The van der Waals surface area contributed by atoms with E-state index in [2.05, 4.69) is 46.6 Å². The lowest BCUT2D eigenvalue weighted by Gasteiger charge is -2.42. The number of hydrogen-bond donors (Lipinski definition) is 2. The molecule has 1 fully saturated rings. The minimum absolute atomic E-state index is 0.0704. The van der Waals surface area contributed by atoms with E-state index >= 15 is 0 Å². The van der Waals surface area contributed by atoms with Crippen molar-refractivity contribution in [3.63, 3.8) is 0 Å². The van der Waals surface area contributed by atoms with Gasteiger partial charge in [0.05, 0.1) is 12.7 Å². The van der Waals surface area contributed by atoms with Gasteiger partial charge in [-0.05, 0) is 36.6 Å². The highest BCUT2D eigenvalue weighted by atomic mass is 16.4. The molecule has 2 aromatic carbocycles. The van der Waals surface area contributed by atoms with E-state index in [0.717, 1.165) is 19.5 Å². The number of amides is 1. The van der Waals surface area contributed by atoms with Gasteiger partial charge in [0.2, 0.25) is 0 Å². The second kappa shape index (κ2) is 9.48. The number of piperidine rings is 1. The van der Waals surface area contributed by atoms with E-state index in [0.29, 0.717) is 12.7 Å². The molecule has 6 heteroatoms. The molecule has 2 atom stereocenters. The Labute approximate surface area is 165 Å². The maximum atomic E-state index is 11.4. The third-order valence-electron chi connectivity index (χ3n) is 5.42. The van der Waals surface area contributed by atoms with Crippen LogP contribution in [0, 0.1) is 0 Å². The molecule has 1 saturated heterocycles. The van der Waals surface area contributed by atoms with Gasteiger partial charge in [0.25, 0.3) is 0 Å². The fraction of sp³-hybridized carbons (Fsp3) is 0.364. The van der Waals surface area contributed by atoms with Crippen LogP contribution in [0.3, 0.4) is 0 Å². The minimum Gasteiger partial charge on any atom is -0.465 e. The zero-order valence-corrected chi connectivity index (χ0v) is 16.1. The summed E-state index contributed by atoms with van der Waals surface area (Å²) in [5.41, 5.74) is 3.62. The second-order valence-electron chi connectivity index (χ2n) is 7.12. The Morgan fingerprint density at radius 1 is 1.18 bits per heavy atom. The molecule has 1 aliphatic rings. The number of hydrogen-bond acceptors (Lipinski definition) is 4. The molecule has 0 bridgehead atoms. The lowest BCUT2D eigenvalue weighted by molar-refractivity contribution is -0.109. The predicted molar refractivity (Wildman–Crippen MR) is 109 cm³/mol. The van der Waals surface area contributed by atoms with E-state index in [1.54, 1.807) is 0 Å². The van der Waals surface area contributed by atoms with Gasteiger partial charge in [-0.2, -0.15) is 0 Å². The normalized spacial score (nSPS) is 19.9. The van der Waals surface area contributed by atoms with Crippen molar-refractivity contribution in [1.82, 2.24) is 15.1 Å². The average Bonchev–Trinajstić information content (AvgIpc) is 2.73. The van der Waals surface area contributed by atoms with Gasteiger partial charge in [0, 0.05) is 19.1 Å². The van der Waals surface area contributed by atoms with E-state index in [4.69, 9.17) is 0 Å². The van der Waals surface area contributed by atoms with Crippen molar-refractivity contribution in [3.05, 3.63) is 60.2 Å². The van der Waals surface area contributed by atoms with Crippen LogP contribution in [-0.4, -0.2) is 59.6 Å². The van der Waals surface area contributed by atoms with Crippen molar-refractivity contribution in [1.29, 1.82) is 0 Å². The lowest BCUT2D eigenvalue weighted by atomic mass is 9.99. The van der Waals surface area contributed by atoms with Crippen LogP contribution in [0.2, 0.25) is 0 Å². The molecule has 1 amide bonds. The third-order valence-corrected chi connectivity index (χ3v) is 5.42. The molecule has 28 heavy (non-hydrogen) atoms. The zero-order valence-electron chi connectivity index (χ0n) is 16.1. The molecule has 0 radical (unpaired) electrons. The number of rotatable bonds is 7. The quantitative estimate of drug-likeness (QED) is 0.721. The Morgan fingerprint density at radius 3 is 2.46 bits per heavy atom. The number of nitrogens with zero attached hydrogens (tertiary/aromatic N) is 2. The van der Waals surface area contributed by atoms with E-state index in [9.17, 15) is 14.7 Å². The van der Waals surface area contributed by atoms with Crippen LogP contribution in [0.5, 0.6) is 0 Å². The summed E-state index contributed by atoms with van der Waals surface area (Å²) >= 11 is 0. The molecule has 6 nitrogen and oxygen atoms in total. The summed E-state index contributed by atoms with van der Waals surface area (Å²) in [6.07, 6.45) is 1.08. The Morgan fingerprint density at radius 2 is 1.86 bits per heavy atom. The Balaban J connectivity index is 1.64. The van der Waals surface area contributed by atoms with Crippen LogP contribution in [0.25, 0.3) is 11.1 Å². The third kappa shape index (κ3) is 4.77. The summed E-state index contributed by atoms with van der Waals surface area (Å²) in [6.45, 7) is 1.50. The van der Waals surface area contributed by atoms with Crippen molar-refractivity contribution in [2.24, 2.45) is 0 Å². The van der Waals surface area contributed by atoms with Crippen LogP contribution < -0.4 is 5.32 Å². The number of carbonyl (C=O) groups excluding carboxylic acids is 1. The van der Waals surface area contributed by atoms with Gasteiger partial charge in [0.15, 0.2) is 0 Å². The van der Waals surface area contributed by atoms with Gasteiger partial charge in [-0.25, -0.2) is 4.79 Å². The largest absolute Gasteiger partial charge is 0.465 e. The van der Waals surface area contributed by atoms with Gasteiger partial charge in [-0.3, -0.25) is 9.80 Å². The number of carbonyl (C=O) groups is 2. The molecule has 1 aliphatic heterocycles. The Bertz CT molecular complexity index is 779. The SMILES string of the molecule is CNC1CC(N(CC=O)C(=O)O)CCN1Cc1ccc(-c2ccccc2)cc1. The first-order chi connectivity index (χ1) is 13.6. The van der Waals surface area contributed by atoms with E-state index in [1.807, 2.05) is 25.2 Å². The number of aldehydes is 1. The zero-order chi connectivity index (χ0) is 19.9. The predicted octanol–water partition coefficient (Wildman–Crippen LogP) is 3.04. The van der Waals surface area contributed by atoms with Crippen LogP contribution in [0.15, 0.2) is 54.6 Å². The first kappa shape index (κ1) is 20.0. The van der Waals surface area contributed by atoms with E-state index in [1.165, 1.54) is 21.6 Å². The standard InChI is InChI=1S/C22H27N3O3/c1-23-21-15-20(25(13-14-26)22(27)28)11-12-24(21)16-17-7-9-19(10-8-17)18-5-3-2-4-6-18/h2-10,14,20-21,23H,11-13,15-16H2,1H3,(H,27,28). The molecular formula is C22H27N3O3. The molecule has 0 aliphatic carbocycles. The van der Waals surface area contributed by atoms with Crippen LogP contribution >= 0.6 is 0 Å². The van der Waals surface area contributed by atoms with Gasteiger partial charge < -0.3 is 15.2 Å². The Kier molecular flexibility index (Phi) is 6.79. The smallest absolute Gasteiger partial charge is 0.407 e. The fourth-order valence-electron chi connectivity index (χ4n) is 3.90. The van der Waals surface area contributed by atoms with Crippen molar-refractivity contribution in [3.8, 4) is 11.1 Å². The summed E-state index contributed by atoms with van der Waals surface area (Å²) < 4.78 is 0. The maximum absolute atomic E-state index is 11.4. The van der Waals surface area contributed by atoms with Crippen molar-refractivity contribution in [2.45, 2.75) is 31.6 Å². The molecule has 1 heterocycles. The number of benzene rings is 2. The monoisotopic (exact) mass is 381 g/mol.